The van der Waals surface area contributed by atoms with E-state index >= 15 is 0 Å². The van der Waals surface area contributed by atoms with E-state index in [0.29, 0.717) is 12.2 Å². The van der Waals surface area contributed by atoms with Gasteiger partial charge in [-0.05, 0) is 17.7 Å². The van der Waals surface area contributed by atoms with Gasteiger partial charge in [-0.2, -0.15) is 0 Å². The summed E-state index contributed by atoms with van der Waals surface area (Å²) in [5.74, 6) is 1.05. The summed E-state index contributed by atoms with van der Waals surface area (Å²) in [5, 5.41) is 10.3. The Balaban J connectivity index is 0.00000242. The average Bonchev–Trinajstić information content (AvgIpc) is 2.69. The Kier molecular flexibility index (Phi) is 5.99. The van der Waals surface area contributed by atoms with Gasteiger partial charge in [0.15, 0.2) is 0 Å². The van der Waals surface area contributed by atoms with Gasteiger partial charge in [0.05, 0.1) is 13.3 Å². The van der Waals surface area contributed by atoms with E-state index in [1.165, 1.54) is 0 Å². The highest BCUT2D eigenvalue weighted by atomic mass is 35.5. The molecule has 1 aromatic heterocycles. The van der Waals surface area contributed by atoms with E-state index in [4.69, 9.17) is 0 Å². The van der Waals surface area contributed by atoms with E-state index in [2.05, 4.69) is 4.72 Å². The molecule has 1 unspecified atom stereocenters. The van der Waals surface area contributed by atoms with Crippen molar-refractivity contribution >= 4 is 15.7 Å². The van der Waals surface area contributed by atoms with Crippen LogP contribution in [0.3, 0.4) is 0 Å². The van der Waals surface area contributed by atoms with Crippen molar-refractivity contribution in [1.29, 1.82) is 0 Å². The molecule has 1 aromatic carbocycles. The lowest BCUT2D eigenvalue weighted by atomic mass is 10.1. The molecule has 2 rings (SSSR count). The van der Waals surface area contributed by atoms with Crippen LogP contribution >= 0.6 is 0 Å². The molecule has 8 heteroatoms. The van der Waals surface area contributed by atoms with Crippen molar-refractivity contribution in [1.82, 2.24) is 4.57 Å². The third-order valence-corrected chi connectivity index (χ3v) is 3.97. The number of hydrogen-bond donors (Lipinski definition) is 2. The second-order valence-corrected chi connectivity index (χ2v) is 6.87. The number of imidazole rings is 1. The Morgan fingerprint density at radius 1 is 1.32 bits per heavy atom. The molecule has 0 saturated heterocycles. The summed E-state index contributed by atoms with van der Waals surface area (Å²) in [4.78, 5) is 0. The Bertz CT molecular complexity index is 726. The highest BCUT2D eigenvalue weighted by Gasteiger charge is 2.15. The van der Waals surface area contributed by atoms with E-state index in [0.717, 1.165) is 17.6 Å². The molecule has 1 heterocycles. The molecule has 2 N–H and O–H groups in total. The van der Waals surface area contributed by atoms with E-state index in [1.807, 2.05) is 35.5 Å². The lowest BCUT2D eigenvalue weighted by Gasteiger charge is -2.11. The molecular formula is C14H20ClN3O3S. The molecule has 2 aromatic rings. The van der Waals surface area contributed by atoms with Crippen LogP contribution in [-0.4, -0.2) is 24.3 Å². The van der Waals surface area contributed by atoms with Crippen molar-refractivity contribution in [2.75, 3.05) is 11.0 Å². The maximum Gasteiger partial charge on any atom is 0.253 e. The third-order valence-electron chi connectivity index (χ3n) is 3.36. The predicted molar refractivity (Wildman–Crippen MR) is 80.2 cm³/mol. The first-order valence-electron chi connectivity index (χ1n) is 6.53. The van der Waals surface area contributed by atoms with Crippen LogP contribution in [0.4, 0.5) is 5.69 Å². The van der Waals surface area contributed by atoms with Crippen molar-refractivity contribution in [2.24, 2.45) is 7.05 Å². The van der Waals surface area contributed by atoms with Crippen molar-refractivity contribution in [3.8, 4) is 0 Å². The lowest BCUT2D eigenvalue weighted by molar-refractivity contribution is -0.710. The second kappa shape index (κ2) is 7.13. The Hall–Kier alpha value is -1.57. The Labute approximate surface area is 136 Å². The number of benzene rings is 1. The zero-order valence-corrected chi connectivity index (χ0v) is 14.3. The summed E-state index contributed by atoms with van der Waals surface area (Å²) in [6.07, 6.45) is 4.30. The monoisotopic (exact) mass is 345 g/mol. The SMILES string of the molecule is Cc1n(C)cc[n+]1CC(O)c1ccc(NS(C)(=O)=O)cc1.[Cl-]. The zero-order chi connectivity index (χ0) is 15.6. The van der Waals surface area contributed by atoms with Gasteiger partial charge >= 0.3 is 0 Å². The maximum atomic E-state index is 11.1. The number of aliphatic hydroxyl groups is 1. The smallest absolute Gasteiger partial charge is 0.253 e. The van der Waals surface area contributed by atoms with Crippen LogP contribution in [0.2, 0.25) is 0 Å². The third kappa shape index (κ3) is 4.72. The second-order valence-electron chi connectivity index (χ2n) is 5.12. The van der Waals surface area contributed by atoms with E-state index in [9.17, 15) is 13.5 Å². The van der Waals surface area contributed by atoms with Gasteiger partial charge in [-0.25, -0.2) is 17.6 Å². The molecule has 0 fully saturated rings. The van der Waals surface area contributed by atoms with Crippen LogP contribution in [0.15, 0.2) is 36.7 Å². The summed E-state index contributed by atoms with van der Waals surface area (Å²) in [6, 6.07) is 6.72. The normalized spacial score (nSPS) is 12.5. The molecule has 0 radical (unpaired) electrons. The highest BCUT2D eigenvalue weighted by Crippen LogP contribution is 2.17. The molecule has 0 saturated carbocycles. The fourth-order valence-corrected chi connectivity index (χ4v) is 2.64. The molecule has 0 aliphatic rings. The van der Waals surface area contributed by atoms with Crippen LogP contribution in [-0.2, 0) is 23.6 Å². The molecule has 0 spiro atoms. The van der Waals surface area contributed by atoms with E-state index in [1.54, 1.807) is 24.3 Å². The highest BCUT2D eigenvalue weighted by molar-refractivity contribution is 7.92. The number of sulfonamides is 1. The largest absolute Gasteiger partial charge is 1.00 e. The van der Waals surface area contributed by atoms with Crippen LogP contribution in [0.5, 0.6) is 0 Å². The standard InChI is InChI=1S/C14H20N3O3S.ClH/c1-11-16(2)8-9-17(11)10-14(18)12-4-6-13(7-5-12)15-21(3,19)20;/h4-9,14-15,18H,10H2,1-3H3;1H/q+1;/p-1. The number of aliphatic hydroxyl groups excluding tert-OH is 1. The lowest BCUT2D eigenvalue weighted by Crippen LogP contribution is -3.00. The molecule has 122 valence electrons. The number of rotatable bonds is 5. The van der Waals surface area contributed by atoms with Gasteiger partial charge in [0, 0.05) is 12.6 Å². The maximum absolute atomic E-state index is 11.1. The van der Waals surface area contributed by atoms with Gasteiger partial charge in [-0.15, -0.1) is 0 Å². The van der Waals surface area contributed by atoms with Crippen molar-refractivity contribution < 1.29 is 30.5 Å². The topological polar surface area (TPSA) is 75.2 Å². The Morgan fingerprint density at radius 2 is 1.91 bits per heavy atom. The minimum atomic E-state index is -3.28. The van der Waals surface area contributed by atoms with Gasteiger partial charge in [0.2, 0.25) is 10.0 Å². The van der Waals surface area contributed by atoms with Crippen molar-refractivity contribution in [3.63, 3.8) is 0 Å². The molecule has 0 bridgehead atoms. The van der Waals surface area contributed by atoms with Crippen molar-refractivity contribution in [2.45, 2.75) is 19.6 Å². The van der Waals surface area contributed by atoms with Crippen LogP contribution < -0.4 is 21.7 Å². The van der Waals surface area contributed by atoms with Crippen LogP contribution in [0.1, 0.15) is 17.5 Å². The number of nitrogens with zero attached hydrogens (tertiary/aromatic N) is 2. The molecule has 0 aliphatic heterocycles. The summed E-state index contributed by atoms with van der Waals surface area (Å²) >= 11 is 0. The molecule has 0 amide bonds. The number of aromatic nitrogens is 2. The zero-order valence-electron chi connectivity index (χ0n) is 12.7. The average molecular weight is 346 g/mol. The number of hydrogen-bond acceptors (Lipinski definition) is 3. The van der Waals surface area contributed by atoms with Crippen LogP contribution in [0, 0.1) is 6.92 Å². The van der Waals surface area contributed by atoms with Gasteiger partial charge in [-0.3, -0.25) is 4.72 Å². The summed E-state index contributed by atoms with van der Waals surface area (Å²) < 4.78 is 28.6. The molecule has 1 atom stereocenters. The van der Waals surface area contributed by atoms with Crippen LogP contribution in [0.25, 0.3) is 0 Å². The minimum Gasteiger partial charge on any atom is -1.00 e. The summed E-state index contributed by atoms with van der Waals surface area (Å²) in [5.41, 5.74) is 1.22. The first-order valence-corrected chi connectivity index (χ1v) is 8.42. The molecular weight excluding hydrogens is 326 g/mol. The van der Waals surface area contributed by atoms with E-state index in [-0.39, 0.29) is 12.4 Å². The predicted octanol–water partition coefficient (Wildman–Crippen LogP) is -2.27. The minimum absolute atomic E-state index is 0. The molecule has 22 heavy (non-hydrogen) atoms. The first kappa shape index (κ1) is 18.5. The van der Waals surface area contributed by atoms with Gasteiger partial charge in [0.25, 0.3) is 5.82 Å². The number of halogens is 1. The number of anilines is 1. The number of nitrogens with one attached hydrogen (secondary N) is 1. The fourth-order valence-electron chi connectivity index (χ4n) is 2.07. The first-order chi connectivity index (χ1) is 9.76. The summed E-state index contributed by atoms with van der Waals surface area (Å²) in [6.45, 7) is 2.43. The summed E-state index contributed by atoms with van der Waals surface area (Å²) in [7, 11) is -1.33. The fraction of sp³-hybridized carbons (Fsp3) is 0.357. The van der Waals surface area contributed by atoms with Gasteiger partial charge < -0.3 is 17.5 Å². The van der Waals surface area contributed by atoms with Gasteiger partial charge in [0.1, 0.15) is 25.0 Å². The van der Waals surface area contributed by atoms with E-state index < -0.39 is 16.1 Å². The van der Waals surface area contributed by atoms with Crippen molar-refractivity contribution in [3.05, 3.63) is 48.0 Å². The quantitative estimate of drug-likeness (QED) is 0.600. The molecule has 0 aliphatic carbocycles. The van der Waals surface area contributed by atoms with Gasteiger partial charge in [-0.1, -0.05) is 12.1 Å². The molecule has 6 nitrogen and oxygen atoms in total. The number of aryl methyl sites for hydroxylation is 1. The Morgan fingerprint density at radius 3 is 2.36 bits per heavy atom.